The molecule has 1 unspecified atom stereocenters. The number of rotatable bonds is 4. The Hall–Kier alpha value is -2.54. The van der Waals surface area contributed by atoms with Crippen molar-refractivity contribution in [2.45, 2.75) is 70.5 Å². The maximum absolute atomic E-state index is 13.5. The topological polar surface area (TPSA) is 82.2 Å². The Labute approximate surface area is 194 Å². The Balaban J connectivity index is 1.23. The van der Waals surface area contributed by atoms with E-state index in [-0.39, 0.29) is 17.5 Å². The average molecular weight is 448 g/mol. The van der Waals surface area contributed by atoms with Crippen LogP contribution in [0.4, 0.5) is 0 Å². The van der Waals surface area contributed by atoms with Crippen LogP contribution in [0.5, 0.6) is 0 Å². The molecule has 33 heavy (non-hydrogen) atoms. The largest absolute Gasteiger partial charge is 0.332 e. The number of H-pyrrole nitrogens is 1. The van der Waals surface area contributed by atoms with Gasteiger partial charge in [-0.15, -0.1) is 0 Å². The molecule has 4 atom stereocenters. The molecule has 7 nitrogen and oxygen atoms in total. The first-order chi connectivity index (χ1) is 16.2. The van der Waals surface area contributed by atoms with Crippen LogP contribution in [0.25, 0.3) is 0 Å². The van der Waals surface area contributed by atoms with E-state index in [4.69, 9.17) is 4.98 Å². The predicted molar refractivity (Wildman–Crippen MR) is 124 cm³/mol. The monoisotopic (exact) mass is 447 g/mol. The van der Waals surface area contributed by atoms with E-state index in [1.807, 2.05) is 24.5 Å². The van der Waals surface area contributed by atoms with Crippen LogP contribution in [0.2, 0.25) is 0 Å². The van der Waals surface area contributed by atoms with Gasteiger partial charge in [0.1, 0.15) is 5.82 Å². The van der Waals surface area contributed by atoms with Crippen molar-refractivity contribution >= 4 is 5.91 Å². The first kappa shape index (κ1) is 21.0. The van der Waals surface area contributed by atoms with E-state index in [1.54, 1.807) is 0 Å². The maximum atomic E-state index is 13.5. The number of hydrogen-bond donors (Lipinski definition) is 1. The summed E-state index contributed by atoms with van der Waals surface area (Å²) in [6, 6.07) is 3.97. The predicted octanol–water partition coefficient (Wildman–Crippen LogP) is 3.21. The quantitative estimate of drug-likeness (QED) is 0.778. The molecule has 3 fully saturated rings. The van der Waals surface area contributed by atoms with Crippen molar-refractivity contribution < 1.29 is 4.79 Å². The summed E-state index contributed by atoms with van der Waals surface area (Å²) >= 11 is 0. The number of fused-ring (bicyclic) bond motifs is 2. The molecule has 0 bridgehead atoms. The van der Waals surface area contributed by atoms with Crippen molar-refractivity contribution in [2.24, 2.45) is 17.8 Å². The van der Waals surface area contributed by atoms with Gasteiger partial charge < -0.3 is 9.88 Å². The molecule has 1 amide bonds. The van der Waals surface area contributed by atoms with E-state index >= 15 is 0 Å². The average Bonchev–Trinajstić information content (AvgIpc) is 3.58. The Bertz CT molecular complexity index is 1070. The van der Waals surface area contributed by atoms with Gasteiger partial charge in [-0.05, 0) is 68.1 Å². The molecule has 4 heterocycles. The van der Waals surface area contributed by atoms with Crippen molar-refractivity contribution in [3.05, 3.63) is 57.5 Å². The molecule has 2 aliphatic carbocycles. The highest BCUT2D eigenvalue weighted by Gasteiger charge is 2.56. The number of nitrogens with zero attached hydrogens (tertiary/aromatic N) is 4. The molecule has 0 radical (unpaired) electrons. The van der Waals surface area contributed by atoms with Gasteiger partial charge in [0.15, 0.2) is 0 Å². The zero-order valence-electron chi connectivity index (χ0n) is 19.2. The summed E-state index contributed by atoms with van der Waals surface area (Å²) in [5.74, 6) is 2.43. The molecule has 2 saturated carbocycles. The number of piperidine rings is 1. The van der Waals surface area contributed by atoms with Crippen LogP contribution in [-0.4, -0.2) is 43.7 Å². The van der Waals surface area contributed by atoms with Gasteiger partial charge in [-0.3, -0.25) is 19.5 Å². The zero-order chi connectivity index (χ0) is 22.4. The smallest absolute Gasteiger partial charge is 0.254 e. The van der Waals surface area contributed by atoms with Gasteiger partial charge in [0.25, 0.3) is 5.56 Å². The number of pyridine rings is 1. The highest BCUT2D eigenvalue weighted by molar-refractivity contribution is 5.83. The third kappa shape index (κ3) is 4.01. The molecule has 0 aromatic carbocycles. The maximum Gasteiger partial charge on any atom is 0.254 e. The summed E-state index contributed by atoms with van der Waals surface area (Å²) in [7, 11) is 0. The first-order valence-electron chi connectivity index (χ1n) is 12.7. The summed E-state index contributed by atoms with van der Waals surface area (Å²) in [5, 5.41) is 0. The Morgan fingerprint density at radius 3 is 2.58 bits per heavy atom. The first-order valence-corrected chi connectivity index (χ1v) is 12.7. The summed E-state index contributed by atoms with van der Waals surface area (Å²) < 4.78 is 0. The van der Waals surface area contributed by atoms with Crippen molar-refractivity contribution in [1.29, 1.82) is 0 Å². The van der Waals surface area contributed by atoms with Gasteiger partial charge in [-0.2, -0.15) is 0 Å². The molecule has 174 valence electrons. The lowest BCUT2D eigenvalue weighted by molar-refractivity contribution is -0.137. The van der Waals surface area contributed by atoms with E-state index in [0.29, 0.717) is 36.5 Å². The van der Waals surface area contributed by atoms with Crippen LogP contribution in [-0.2, 0) is 24.3 Å². The SMILES string of the molecule is O=C(C1[C@H]2CCCC[C@@H]12)N1CCCC[C@H]1c1nc2c(c(=O)[nH]1)CCN(Cc1ccncc1)C2. The summed E-state index contributed by atoms with van der Waals surface area (Å²) in [6.07, 6.45) is 12.3. The summed E-state index contributed by atoms with van der Waals surface area (Å²) in [6.45, 7) is 3.12. The van der Waals surface area contributed by atoms with E-state index in [0.717, 1.165) is 50.2 Å². The van der Waals surface area contributed by atoms with Crippen LogP contribution in [0.3, 0.4) is 0 Å². The van der Waals surface area contributed by atoms with Crippen molar-refractivity contribution in [1.82, 2.24) is 24.8 Å². The highest BCUT2D eigenvalue weighted by atomic mass is 16.2. The van der Waals surface area contributed by atoms with E-state index in [1.165, 1.54) is 31.2 Å². The van der Waals surface area contributed by atoms with Gasteiger partial charge in [-0.25, -0.2) is 4.98 Å². The zero-order valence-corrected chi connectivity index (χ0v) is 19.2. The normalized spacial score (nSPS) is 29.3. The van der Waals surface area contributed by atoms with Crippen molar-refractivity contribution in [3.8, 4) is 0 Å². The summed E-state index contributed by atoms with van der Waals surface area (Å²) in [5.41, 5.74) is 2.89. The second kappa shape index (κ2) is 8.67. The van der Waals surface area contributed by atoms with Gasteiger partial charge >= 0.3 is 0 Å². The number of aromatic amines is 1. The number of likely N-dealkylation sites (tertiary alicyclic amines) is 1. The third-order valence-corrected chi connectivity index (χ3v) is 8.37. The lowest BCUT2D eigenvalue weighted by atomic mass is 9.99. The molecule has 6 rings (SSSR count). The molecular weight excluding hydrogens is 414 g/mol. The lowest BCUT2D eigenvalue weighted by Gasteiger charge is -2.36. The minimum absolute atomic E-state index is 0.0170. The molecule has 7 heteroatoms. The summed E-state index contributed by atoms with van der Waals surface area (Å²) in [4.78, 5) is 43.1. The van der Waals surface area contributed by atoms with Gasteiger partial charge in [0.2, 0.25) is 5.91 Å². The van der Waals surface area contributed by atoms with Gasteiger partial charge in [-0.1, -0.05) is 12.8 Å². The molecule has 2 aliphatic heterocycles. The molecule has 2 aromatic rings. The van der Waals surface area contributed by atoms with Crippen molar-refractivity contribution in [3.63, 3.8) is 0 Å². The minimum Gasteiger partial charge on any atom is -0.332 e. The van der Waals surface area contributed by atoms with E-state index < -0.39 is 0 Å². The molecule has 2 aromatic heterocycles. The van der Waals surface area contributed by atoms with Crippen molar-refractivity contribution in [2.75, 3.05) is 13.1 Å². The Kier molecular flexibility index (Phi) is 5.52. The number of nitrogens with one attached hydrogen (secondary N) is 1. The molecule has 1 N–H and O–H groups in total. The van der Waals surface area contributed by atoms with E-state index in [2.05, 4.69) is 19.8 Å². The minimum atomic E-state index is -0.0949. The number of carbonyl (C=O) groups is 1. The highest BCUT2D eigenvalue weighted by Crippen LogP contribution is 2.56. The number of carbonyl (C=O) groups excluding carboxylic acids is 1. The molecule has 0 spiro atoms. The second-order valence-electron chi connectivity index (χ2n) is 10.4. The van der Waals surface area contributed by atoms with Gasteiger partial charge in [0.05, 0.1) is 11.7 Å². The fourth-order valence-corrected chi connectivity index (χ4v) is 6.58. The van der Waals surface area contributed by atoms with Gasteiger partial charge in [0, 0.05) is 50.1 Å². The molecular formula is C26H33N5O2. The standard InChI is InChI=1S/C26H33N5O2/c32-25-20-10-14-30(15-17-8-11-27-12-9-17)16-21(20)28-24(29-25)22-7-3-4-13-31(22)26(33)23-18-5-1-2-6-19(18)23/h8-9,11-12,18-19,22-23H,1-7,10,13-16H2,(H,28,29,32)/t18-,19+,22-,23?/m0/s1. The second-order valence-corrected chi connectivity index (χ2v) is 10.4. The van der Waals surface area contributed by atoms with Crippen LogP contribution >= 0.6 is 0 Å². The third-order valence-electron chi connectivity index (χ3n) is 8.37. The van der Waals surface area contributed by atoms with Crippen LogP contribution in [0, 0.1) is 17.8 Å². The molecule has 1 saturated heterocycles. The van der Waals surface area contributed by atoms with E-state index in [9.17, 15) is 9.59 Å². The number of hydrogen-bond acceptors (Lipinski definition) is 5. The number of amides is 1. The van der Waals surface area contributed by atoms with Crippen LogP contribution in [0.1, 0.15) is 73.6 Å². The number of aromatic nitrogens is 3. The lowest BCUT2D eigenvalue weighted by Crippen LogP contribution is -2.42. The fraction of sp³-hybridized carbons (Fsp3) is 0.615. The Morgan fingerprint density at radius 1 is 1.03 bits per heavy atom. The Morgan fingerprint density at radius 2 is 1.79 bits per heavy atom. The van der Waals surface area contributed by atoms with Crippen LogP contribution in [0.15, 0.2) is 29.3 Å². The van der Waals surface area contributed by atoms with Crippen LogP contribution < -0.4 is 5.56 Å². The fourth-order valence-electron chi connectivity index (χ4n) is 6.58. The molecule has 4 aliphatic rings.